The molecule has 0 aliphatic carbocycles. The van der Waals surface area contributed by atoms with Crippen molar-refractivity contribution in [1.82, 2.24) is 10.3 Å². The lowest BCUT2D eigenvalue weighted by molar-refractivity contribution is 0.424. The molecular weight excluding hydrogens is 302 g/mol. The van der Waals surface area contributed by atoms with Crippen molar-refractivity contribution in [3.63, 3.8) is 0 Å². The normalized spacial score (nSPS) is 23.4. The van der Waals surface area contributed by atoms with Gasteiger partial charge < -0.3 is 10.2 Å². The van der Waals surface area contributed by atoms with Gasteiger partial charge in [-0.25, -0.2) is 4.98 Å². The Bertz CT molecular complexity index is 487. The second kappa shape index (κ2) is 6.76. The van der Waals surface area contributed by atoms with Crippen molar-refractivity contribution in [2.75, 3.05) is 17.2 Å². The van der Waals surface area contributed by atoms with Crippen molar-refractivity contribution in [1.29, 1.82) is 0 Å². The van der Waals surface area contributed by atoms with Gasteiger partial charge in [-0.1, -0.05) is 18.5 Å². The maximum atomic E-state index is 6.30. The van der Waals surface area contributed by atoms with Crippen LogP contribution in [0.15, 0.2) is 12.3 Å². The highest BCUT2D eigenvalue weighted by molar-refractivity contribution is 8.00. The minimum atomic E-state index is 0.0797. The number of hydrogen-bond donors (Lipinski definition) is 1. The molecule has 1 aromatic heterocycles. The SMILES string of the molecule is CC1SCCN(c2cc(CNC(C)(C)C)c(Cl)cn2)C1C. The lowest BCUT2D eigenvalue weighted by Crippen LogP contribution is -2.45. The summed E-state index contributed by atoms with van der Waals surface area (Å²) in [6, 6.07) is 2.64. The Hall–Kier alpha value is -0.450. The summed E-state index contributed by atoms with van der Waals surface area (Å²) in [4.78, 5) is 6.95. The number of aromatic nitrogens is 1. The smallest absolute Gasteiger partial charge is 0.129 e. The van der Waals surface area contributed by atoms with Gasteiger partial charge >= 0.3 is 0 Å². The van der Waals surface area contributed by atoms with Crippen LogP contribution in [0.1, 0.15) is 40.2 Å². The topological polar surface area (TPSA) is 28.2 Å². The Balaban J connectivity index is 2.17. The maximum Gasteiger partial charge on any atom is 0.129 e. The van der Waals surface area contributed by atoms with E-state index in [1.807, 2.05) is 11.8 Å². The largest absolute Gasteiger partial charge is 0.352 e. The van der Waals surface area contributed by atoms with Crippen LogP contribution in [0.2, 0.25) is 5.02 Å². The van der Waals surface area contributed by atoms with Gasteiger partial charge in [-0.2, -0.15) is 11.8 Å². The van der Waals surface area contributed by atoms with Crippen LogP contribution in [-0.4, -0.2) is 34.1 Å². The molecule has 2 unspecified atom stereocenters. The van der Waals surface area contributed by atoms with Crippen LogP contribution in [0, 0.1) is 0 Å². The van der Waals surface area contributed by atoms with Crippen molar-refractivity contribution >= 4 is 29.2 Å². The number of pyridine rings is 1. The molecule has 0 aromatic carbocycles. The van der Waals surface area contributed by atoms with Gasteiger partial charge in [0.05, 0.1) is 5.02 Å². The fraction of sp³-hybridized carbons (Fsp3) is 0.688. The van der Waals surface area contributed by atoms with Crippen LogP contribution in [-0.2, 0) is 6.54 Å². The molecule has 0 radical (unpaired) electrons. The zero-order valence-electron chi connectivity index (χ0n) is 13.6. The molecule has 2 heterocycles. The highest BCUT2D eigenvalue weighted by atomic mass is 35.5. The van der Waals surface area contributed by atoms with E-state index >= 15 is 0 Å². The van der Waals surface area contributed by atoms with Gasteiger partial charge in [0.25, 0.3) is 0 Å². The quantitative estimate of drug-likeness (QED) is 0.909. The number of halogens is 1. The summed E-state index contributed by atoms with van der Waals surface area (Å²) in [6.07, 6.45) is 1.79. The third-order valence-electron chi connectivity index (χ3n) is 3.91. The molecule has 21 heavy (non-hydrogen) atoms. The molecule has 2 atom stereocenters. The van der Waals surface area contributed by atoms with Crippen LogP contribution >= 0.6 is 23.4 Å². The Morgan fingerprint density at radius 1 is 1.43 bits per heavy atom. The minimum Gasteiger partial charge on any atom is -0.352 e. The van der Waals surface area contributed by atoms with E-state index in [4.69, 9.17) is 11.6 Å². The first-order valence-corrected chi connectivity index (χ1v) is 8.98. The van der Waals surface area contributed by atoms with E-state index in [9.17, 15) is 0 Å². The molecule has 1 aromatic rings. The van der Waals surface area contributed by atoms with Gasteiger partial charge in [-0.3, -0.25) is 0 Å². The third-order valence-corrected chi connectivity index (χ3v) is 5.59. The van der Waals surface area contributed by atoms with Crippen LogP contribution in [0.5, 0.6) is 0 Å². The van der Waals surface area contributed by atoms with E-state index in [1.54, 1.807) is 6.20 Å². The van der Waals surface area contributed by atoms with E-state index < -0.39 is 0 Å². The number of nitrogens with zero attached hydrogens (tertiary/aromatic N) is 2. The minimum absolute atomic E-state index is 0.0797. The third kappa shape index (κ3) is 4.51. The second-order valence-corrected chi connectivity index (χ2v) is 8.64. The average Bonchev–Trinajstić information content (AvgIpc) is 2.40. The van der Waals surface area contributed by atoms with E-state index in [0.29, 0.717) is 11.3 Å². The number of thioether (sulfide) groups is 1. The summed E-state index contributed by atoms with van der Waals surface area (Å²) in [5.41, 5.74) is 1.20. The molecule has 1 aliphatic rings. The molecule has 0 saturated carbocycles. The first-order valence-electron chi connectivity index (χ1n) is 7.55. The Morgan fingerprint density at radius 2 is 2.14 bits per heavy atom. The first-order chi connectivity index (χ1) is 9.78. The summed E-state index contributed by atoms with van der Waals surface area (Å²) >= 11 is 8.34. The monoisotopic (exact) mass is 327 g/mol. The lowest BCUT2D eigenvalue weighted by atomic mass is 10.1. The number of nitrogens with one attached hydrogen (secondary N) is 1. The predicted octanol–water partition coefficient (Wildman–Crippen LogP) is 3.95. The van der Waals surface area contributed by atoms with Gasteiger partial charge in [0.2, 0.25) is 0 Å². The van der Waals surface area contributed by atoms with E-state index in [1.165, 1.54) is 0 Å². The zero-order chi connectivity index (χ0) is 15.6. The van der Waals surface area contributed by atoms with Crippen molar-refractivity contribution in [3.8, 4) is 0 Å². The summed E-state index contributed by atoms with van der Waals surface area (Å²) in [5, 5.41) is 4.86. The molecule has 0 bridgehead atoms. The van der Waals surface area contributed by atoms with E-state index in [-0.39, 0.29) is 5.54 Å². The summed E-state index contributed by atoms with van der Waals surface area (Å²) in [7, 11) is 0. The van der Waals surface area contributed by atoms with Crippen molar-refractivity contribution in [2.24, 2.45) is 0 Å². The Kier molecular flexibility index (Phi) is 5.44. The molecule has 1 aliphatic heterocycles. The number of rotatable bonds is 3. The van der Waals surface area contributed by atoms with Crippen LogP contribution in [0.25, 0.3) is 0 Å². The standard InChI is InChI=1S/C16H26ClN3S/c1-11-12(2)21-7-6-20(11)15-8-13(14(17)10-18-15)9-19-16(3,4)5/h8,10-12,19H,6-7,9H2,1-5H3. The van der Waals surface area contributed by atoms with Crippen LogP contribution < -0.4 is 10.2 Å². The first kappa shape index (κ1) is 16.9. The van der Waals surface area contributed by atoms with Crippen LogP contribution in [0.3, 0.4) is 0 Å². The highest BCUT2D eigenvalue weighted by Gasteiger charge is 2.26. The number of anilines is 1. The average molecular weight is 328 g/mol. The zero-order valence-corrected chi connectivity index (χ0v) is 15.2. The lowest BCUT2D eigenvalue weighted by Gasteiger charge is -2.38. The fourth-order valence-electron chi connectivity index (χ4n) is 2.38. The Labute approximate surface area is 137 Å². The molecule has 0 amide bonds. The van der Waals surface area contributed by atoms with Crippen molar-refractivity contribution < 1.29 is 0 Å². The van der Waals surface area contributed by atoms with Gasteiger partial charge in [0, 0.05) is 41.9 Å². The fourth-order valence-corrected chi connectivity index (χ4v) is 3.65. The second-order valence-electron chi connectivity index (χ2n) is 6.75. The van der Waals surface area contributed by atoms with Gasteiger partial charge in [-0.05, 0) is 39.3 Å². The predicted molar refractivity (Wildman–Crippen MR) is 94.6 cm³/mol. The molecule has 118 valence electrons. The molecule has 1 saturated heterocycles. The maximum absolute atomic E-state index is 6.30. The number of hydrogen-bond acceptors (Lipinski definition) is 4. The van der Waals surface area contributed by atoms with Crippen molar-refractivity contribution in [3.05, 3.63) is 22.8 Å². The molecule has 2 rings (SSSR count). The molecule has 1 fully saturated rings. The summed E-state index contributed by atoms with van der Waals surface area (Å²) in [6.45, 7) is 12.9. The van der Waals surface area contributed by atoms with Gasteiger partial charge in [0.1, 0.15) is 5.82 Å². The van der Waals surface area contributed by atoms with Gasteiger partial charge in [-0.15, -0.1) is 0 Å². The summed E-state index contributed by atoms with van der Waals surface area (Å²) < 4.78 is 0. The van der Waals surface area contributed by atoms with Crippen LogP contribution in [0.4, 0.5) is 5.82 Å². The van der Waals surface area contributed by atoms with Crippen molar-refractivity contribution in [2.45, 2.75) is 58.0 Å². The molecule has 3 nitrogen and oxygen atoms in total. The van der Waals surface area contributed by atoms with E-state index in [0.717, 1.165) is 35.2 Å². The highest BCUT2D eigenvalue weighted by Crippen LogP contribution is 2.29. The molecule has 5 heteroatoms. The van der Waals surface area contributed by atoms with Gasteiger partial charge in [0.15, 0.2) is 0 Å². The summed E-state index contributed by atoms with van der Waals surface area (Å²) in [5.74, 6) is 2.20. The molecule has 0 spiro atoms. The van der Waals surface area contributed by atoms with E-state index in [2.05, 4.69) is 55.9 Å². The molecular formula is C16H26ClN3S. The molecule has 1 N–H and O–H groups in total. The Morgan fingerprint density at radius 3 is 2.81 bits per heavy atom.